The van der Waals surface area contributed by atoms with E-state index in [0.29, 0.717) is 6.42 Å². The van der Waals surface area contributed by atoms with Crippen LogP contribution in [0.1, 0.15) is 54.4 Å². The van der Waals surface area contributed by atoms with Crippen LogP contribution in [0.4, 0.5) is 0 Å². The van der Waals surface area contributed by atoms with Crippen molar-refractivity contribution in [1.29, 1.82) is 0 Å². The standard InChI is InChI=1S/C17H33N3O4/c1-7-10(5)12(18)15(21)20-14(11(6)8-2)16(22)19-13(9(3)4)17(23)24/h9-14H,7-8,18H2,1-6H3,(H,19,22)(H,20,21)(H,23,24). The van der Waals surface area contributed by atoms with E-state index in [0.717, 1.165) is 6.42 Å². The van der Waals surface area contributed by atoms with E-state index in [2.05, 4.69) is 10.6 Å². The maximum Gasteiger partial charge on any atom is 0.326 e. The molecule has 0 aliphatic heterocycles. The molecule has 0 radical (unpaired) electrons. The Labute approximate surface area is 144 Å². The zero-order chi connectivity index (χ0) is 19.0. The Morgan fingerprint density at radius 2 is 1.33 bits per heavy atom. The van der Waals surface area contributed by atoms with Crippen LogP contribution in [-0.4, -0.2) is 41.0 Å². The number of nitrogens with one attached hydrogen (secondary N) is 2. The Kier molecular flexibility index (Phi) is 9.58. The SMILES string of the molecule is CCC(C)C(N)C(=O)NC(C(=O)NC(C(=O)O)C(C)C)C(C)CC. The van der Waals surface area contributed by atoms with Gasteiger partial charge in [0.2, 0.25) is 11.8 Å². The van der Waals surface area contributed by atoms with Gasteiger partial charge in [-0.3, -0.25) is 9.59 Å². The van der Waals surface area contributed by atoms with E-state index < -0.39 is 30.0 Å². The largest absolute Gasteiger partial charge is 0.480 e. The number of nitrogens with two attached hydrogens (primary N) is 1. The van der Waals surface area contributed by atoms with Crippen LogP contribution in [0.25, 0.3) is 0 Å². The summed E-state index contributed by atoms with van der Waals surface area (Å²) in [5.41, 5.74) is 5.92. The summed E-state index contributed by atoms with van der Waals surface area (Å²) in [7, 11) is 0. The van der Waals surface area contributed by atoms with Crippen LogP contribution < -0.4 is 16.4 Å². The Morgan fingerprint density at radius 3 is 1.71 bits per heavy atom. The number of amides is 2. The molecule has 7 heteroatoms. The molecule has 0 spiro atoms. The van der Waals surface area contributed by atoms with Crippen molar-refractivity contribution in [2.24, 2.45) is 23.5 Å². The number of hydrogen-bond acceptors (Lipinski definition) is 4. The average molecular weight is 343 g/mol. The van der Waals surface area contributed by atoms with Crippen LogP contribution in [0, 0.1) is 17.8 Å². The zero-order valence-electron chi connectivity index (χ0n) is 15.6. The molecule has 0 rings (SSSR count). The van der Waals surface area contributed by atoms with Crippen molar-refractivity contribution < 1.29 is 19.5 Å². The smallest absolute Gasteiger partial charge is 0.326 e. The van der Waals surface area contributed by atoms with Gasteiger partial charge in [-0.1, -0.05) is 54.4 Å². The number of carbonyl (C=O) groups excluding carboxylic acids is 2. The highest BCUT2D eigenvalue weighted by Gasteiger charge is 2.32. The van der Waals surface area contributed by atoms with Crippen molar-refractivity contribution in [2.75, 3.05) is 0 Å². The molecule has 0 aromatic carbocycles. The first-order valence-electron chi connectivity index (χ1n) is 8.65. The molecule has 2 amide bonds. The third-order valence-corrected chi connectivity index (χ3v) is 4.58. The molecule has 0 fully saturated rings. The summed E-state index contributed by atoms with van der Waals surface area (Å²) < 4.78 is 0. The van der Waals surface area contributed by atoms with E-state index in [-0.39, 0.29) is 23.7 Å². The molecule has 0 saturated heterocycles. The van der Waals surface area contributed by atoms with Gasteiger partial charge in [0.15, 0.2) is 0 Å². The third-order valence-electron chi connectivity index (χ3n) is 4.58. The molecule has 5 atom stereocenters. The highest BCUT2D eigenvalue weighted by atomic mass is 16.4. The highest BCUT2D eigenvalue weighted by molar-refractivity contribution is 5.92. The first-order chi connectivity index (χ1) is 11.1. The van der Waals surface area contributed by atoms with E-state index in [4.69, 9.17) is 5.73 Å². The van der Waals surface area contributed by atoms with E-state index >= 15 is 0 Å². The van der Waals surface area contributed by atoms with Crippen molar-refractivity contribution >= 4 is 17.8 Å². The molecule has 0 bridgehead atoms. The van der Waals surface area contributed by atoms with Gasteiger partial charge in [0, 0.05) is 0 Å². The lowest BCUT2D eigenvalue weighted by Gasteiger charge is -2.28. The second-order valence-electron chi connectivity index (χ2n) is 6.85. The molecule has 0 aromatic heterocycles. The van der Waals surface area contributed by atoms with E-state index in [9.17, 15) is 19.5 Å². The lowest BCUT2D eigenvalue weighted by molar-refractivity contribution is -0.143. The van der Waals surface area contributed by atoms with Gasteiger partial charge in [0.25, 0.3) is 0 Å². The second kappa shape index (κ2) is 10.3. The van der Waals surface area contributed by atoms with Crippen molar-refractivity contribution in [3.05, 3.63) is 0 Å². The molecule has 140 valence electrons. The molecule has 24 heavy (non-hydrogen) atoms. The van der Waals surface area contributed by atoms with Crippen molar-refractivity contribution in [3.63, 3.8) is 0 Å². The lowest BCUT2D eigenvalue weighted by atomic mass is 9.94. The minimum Gasteiger partial charge on any atom is -0.480 e. The zero-order valence-corrected chi connectivity index (χ0v) is 15.6. The number of carbonyl (C=O) groups is 3. The summed E-state index contributed by atoms with van der Waals surface area (Å²) >= 11 is 0. The molecule has 0 aliphatic rings. The summed E-state index contributed by atoms with van der Waals surface area (Å²) in [6.45, 7) is 11.0. The van der Waals surface area contributed by atoms with Crippen LogP contribution in [0.5, 0.6) is 0 Å². The summed E-state index contributed by atoms with van der Waals surface area (Å²) in [6.07, 6.45) is 1.42. The molecule has 5 unspecified atom stereocenters. The molecular weight excluding hydrogens is 310 g/mol. The van der Waals surface area contributed by atoms with Crippen molar-refractivity contribution in [1.82, 2.24) is 10.6 Å². The Balaban J connectivity index is 5.16. The Hall–Kier alpha value is -1.63. The predicted molar refractivity (Wildman–Crippen MR) is 93.2 cm³/mol. The van der Waals surface area contributed by atoms with Gasteiger partial charge < -0.3 is 21.5 Å². The topological polar surface area (TPSA) is 122 Å². The highest BCUT2D eigenvalue weighted by Crippen LogP contribution is 2.12. The van der Waals surface area contributed by atoms with E-state index in [1.807, 2.05) is 27.7 Å². The molecule has 0 heterocycles. The predicted octanol–water partition coefficient (Wildman–Crippen LogP) is 1.12. The maximum absolute atomic E-state index is 12.5. The third kappa shape index (κ3) is 6.47. The summed E-state index contributed by atoms with van der Waals surface area (Å²) in [4.78, 5) is 36.1. The first-order valence-corrected chi connectivity index (χ1v) is 8.65. The summed E-state index contributed by atoms with van der Waals surface area (Å²) in [5.74, 6) is -2.38. The van der Waals surface area contributed by atoms with Crippen molar-refractivity contribution in [3.8, 4) is 0 Å². The fraction of sp³-hybridized carbons (Fsp3) is 0.824. The van der Waals surface area contributed by atoms with Crippen LogP contribution in [0.15, 0.2) is 0 Å². The average Bonchev–Trinajstić information content (AvgIpc) is 2.53. The van der Waals surface area contributed by atoms with E-state index in [1.54, 1.807) is 13.8 Å². The number of rotatable bonds is 10. The summed E-state index contributed by atoms with van der Waals surface area (Å²) in [5, 5.41) is 14.4. The fourth-order valence-corrected chi connectivity index (χ4v) is 2.22. The molecular formula is C17H33N3O4. The number of carboxylic acid groups (broad SMARTS) is 1. The molecule has 7 nitrogen and oxygen atoms in total. The van der Waals surface area contributed by atoms with Gasteiger partial charge in [-0.15, -0.1) is 0 Å². The van der Waals surface area contributed by atoms with Gasteiger partial charge in [0.05, 0.1) is 6.04 Å². The van der Waals surface area contributed by atoms with Crippen LogP contribution in [-0.2, 0) is 14.4 Å². The molecule has 5 N–H and O–H groups in total. The monoisotopic (exact) mass is 343 g/mol. The maximum atomic E-state index is 12.5. The van der Waals surface area contributed by atoms with Gasteiger partial charge >= 0.3 is 5.97 Å². The van der Waals surface area contributed by atoms with Gasteiger partial charge in [-0.2, -0.15) is 0 Å². The second-order valence-corrected chi connectivity index (χ2v) is 6.85. The fourth-order valence-electron chi connectivity index (χ4n) is 2.22. The van der Waals surface area contributed by atoms with Crippen LogP contribution in [0.2, 0.25) is 0 Å². The van der Waals surface area contributed by atoms with Crippen LogP contribution >= 0.6 is 0 Å². The summed E-state index contributed by atoms with van der Waals surface area (Å²) in [6, 6.07) is -2.50. The normalized spacial score (nSPS) is 17.5. The molecule has 0 aliphatic carbocycles. The van der Waals surface area contributed by atoms with Gasteiger partial charge in [-0.05, 0) is 17.8 Å². The van der Waals surface area contributed by atoms with Crippen molar-refractivity contribution in [2.45, 2.75) is 72.5 Å². The Bertz CT molecular complexity index is 440. The Morgan fingerprint density at radius 1 is 0.875 bits per heavy atom. The van der Waals surface area contributed by atoms with Crippen LogP contribution in [0.3, 0.4) is 0 Å². The van der Waals surface area contributed by atoms with Gasteiger partial charge in [-0.25, -0.2) is 4.79 Å². The quantitative estimate of drug-likeness (QED) is 0.473. The number of hydrogen-bond donors (Lipinski definition) is 4. The minimum absolute atomic E-state index is 0.00641. The first kappa shape index (κ1) is 22.4. The number of carboxylic acids is 1. The van der Waals surface area contributed by atoms with E-state index in [1.165, 1.54) is 0 Å². The number of aliphatic carboxylic acids is 1. The molecule has 0 aromatic rings. The lowest BCUT2D eigenvalue weighted by Crippen LogP contribution is -2.58. The minimum atomic E-state index is -1.09. The van der Waals surface area contributed by atoms with Gasteiger partial charge in [0.1, 0.15) is 12.1 Å². The molecule has 0 saturated carbocycles.